The number of sulfone groups is 1. The Kier molecular flexibility index (Phi) is 12.2. The zero-order valence-corrected chi connectivity index (χ0v) is 28.9. The first kappa shape index (κ1) is 34.0. The average Bonchev–Trinajstić information content (AvgIpc) is 3.10. The van der Waals surface area contributed by atoms with E-state index in [2.05, 4.69) is 12.1 Å². The number of methoxy groups -OCH3 is 2. The van der Waals surface area contributed by atoms with Crippen LogP contribution < -0.4 is 18.9 Å². The Bertz CT molecular complexity index is 1880. The van der Waals surface area contributed by atoms with Gasteiger partial charge >= 0.3 is 21.1 Å². The fraction of sp³-hybridized carbons (Fsp3) is 0.0526. The van der Waals surface area contributed by atoms with Crippen molar-refractivity contribution in [3.05, 3.63) is 158 Å². The van der Waals surface area contributed by atoms with Crippen LogP contribution in [0.15, 0.2) is 155 Å². The monoisotopic (exact) mass is 798 g/mol. The van der Waals surface area contributed by atoms with Crippen LogP contribution in [0.1, 0.15) is 0 Å². The van der Waals surface area contributed by atoms with Gasteiger partial charge in [0.2, 0.25) is 9.84 Å². The molecule has 0 atom stereocenters. The Morgan fingerprint density at radius 3 is 1.04 bits per heavy atom. The molecule has 0 fully saturated rings. The smallest absolute Gasteiger partial charge is 0.522 e. The van der Waals surface area contributed by atoms with Crippen LogP contribution in [0.2, 0.25) is 0 Å². The summed E-state index contributed by atoms with van der Waals surface area (Å²) in [5.41, 5.74) is 2.12. The second-order valence-electron chi connectivity index (χ2n) is 9.58. The molecule has 6 nitrogen and oxygen atoms in total. The summed E-state index contributed by atoms with van der Waals surface area (Å²) in [6.45, 7) is 0. The van der Waals surface area contributed by atoms with Gasteiger partial charge in [-0.15, -0.1) is 24.3 Å². The number of benzene rings is 6. The van der Waals surface area contributed by atoms with Crippen LogP contribution in [0.4, 0.5) is 0 Å². The van der Waals surface area contributed by atoms with Crippen molar-refractivity contribution in [2.45, 2.75) is 9.79 Å². The fourth-order valence-electron chi connectivity index (χ4n) is 4.23. The van der Waals surface area contributed by atoms with Gasteiger partial charge in [0, 0.05) is 11.5 Å². The van der Waals surface area contributed by atoms with Crippen molar-refractivity contribution >= 4 is 9.84 Å². The molecule has 0 saturated heterocycles. The molecular formula is C38H30O6SW. The van der Waals surface area contributed by atoms with Crippen LogP contribution in [-0.2, 0) is 30.9 Å². The molecule has 0 radical (unpaired) electrons. The summed E-state index contributed by atoms with van der Waals surface area (Å²) in [6, 6.07) is 48.5. The molecule has 0 unspecified atom stereocenters. The van der Waals surface area contributed by atoms with Gasteiger partial charge in [-0.1, -0.05) is 24.3 Å². The summed E-state index contributed by atoms with van der Waals surface area (Å²) < 4.78 is 47.9. The number of hydrogen-bond donors (Lipinski definition) is 0. The van der Waals surface area contributed by atoms with E-state index in [4.69, 9.17) is 18.9 Å². The molecule has 0 heterocycles. The third-order valence-electron chi connectivity index (χ3n) is 6.63. The molecule has 6 rings (SSSR count). The van der Waals surface area contributed by atoms with Gasteiger partial charge in [-0.3, -0.25) is 0 Å². The molecule has 0 aliphatic rings. The zero-order valence-electron chi connectivity index (χ0n) is 25.1. The molecular weight excluding hydrogens is 768 g/mol. The Labute approximate surface area is 284 Å². The summed E-state index contributed by atoms with van der Waals surface area (Å²) in [5, 5.41) is 0. The molecule has 0 bridgehead atoms. The van der Waals surface area contributed by atoms with Gasteiger partial charge in [0.15, 0.2) is 0 Å². The summed E-state index contributed by atoms with van der Waals surface area (Å²) in [4.78, 5) is 0.367. The molecule has 0 N–H and O–H groups in total. The van der Waals surface area contributed by atoms with Gasteiger partial charge in [0.1, 0.15) is 23.0 Å². The van der Waals surface area contributed by atoms with Crippen molar-refractivity contribution in [3.8, 4) is 45.6 Å². The third kappa shape index (κ3) is 9.10. The first-order chi connectivity index (χ1) is 21.9. The molecule has 6 aromatic carbocycles. The molecule has 0 aliphatic carbocycles. The topological polar surface area (TPSA) is 71.1 Å². The quantitative estimate of drug-likeness (QED) is 0.136. The number of rotatable bonds is 9. The van der Waals surface area contributed by atoms with E-state index < -0.39 is 9.84 Å². The Morgan fingerprint density at radius 2 is 0.696 bits per heavy atom. The Balaban J connectivity index is 0.000000467. The summed E-state index contributed by atoms with van der Waals surface area (Å²) >= 11 is 0. The number of hydrogen-bond acceptors (Lipinski definition) is 6. The van der Waals surface area contributed by atoms with Crippen molar-refractivity contribution in [3.63, 3.8) is 0 Å². The summed E-state index contributed by atoms with van der Waals surface area (Å²) in [6.07, 6.45) is 0. The fourth-order valence-corrected chi connectivity index (χ4v) is 5.49. The van der Waals surface area contributed by atoms with Crippen molar-refractivity contribution in [1.82, 2.24) is 0 Å². The maximum atomic E-state index is 13.1. The molecule has 0 aromatic heterocycles. The summed E-state index contributed by atoms with van der Waals surface area (Å²) in [5.74, 6) is 4.08. The predicted molar refractivity (Wildman–Crippen MR) is 174 cm³/mol. The molecule has 0 amide bonds. The van der Waals surface area contributed by atoms with E-state index >= 15 is 0 Å². The predicted octanol–water partition coefficient (Wildman–Crippen LogP) is 9.07. The van der Waals surface area contributed by atoms with Crippen LogP contribution in [0.25, 0.3) is 11.1 Å². The second-order valence-corrected chi connectivity index (χ2v) is 11.5. The van der Waals surface area contributed by atoms with Gasteiger partial charge in [-0.25, -0.2) is 8.42 Å². The van der Waals surface area contributed by atoms with Crippen molar-refractivity contribution in [2.24, 2.45) is 0 Å². The van der Waals surface area contributed by atoms with E-state index in [0.29, 0.717) is 23.0 Å². The van der Waals surface area contributed by atoms with Gasteiger partial charge in [-0.05, 0) is 83.9 Å². The average molecular weight is 799 g/mol. The van der Waals surface area contributed by atoms with Gasteiger partial charge in [-0.2, -0.15) is 36.4 Å². The first-order valence-electron chi connectivity index (χ1n) is 14.0. The second kappa shape index (κ2) is 16.5. The van der Waals surface area contributed by atoms with Crippen molar-refractivity contribution in [1.29, 1.82) is 0 Å². The largest absolute Gasteiger partial charge is 2.00 e. The van der Waals surface area contributed by atoms with E-state index in [1.807, 2.05) is 72.8 Å². The van der Waals surface area contributed by atoms with E-state index in [0.717, 1.165) is 22.6 Å². The van der Waals surface area contributed by atoms with Gasteiger partial charge < -0.3 is 18.9 Å². The van der Waals surface area contributed by atoms with E-state index in [1.54, 1.807) is 74.9 Å². The SMILES string of the molecule is COc1cc[c-]cc1.COc1ccc(-c2ccc(Oc3ccc(S(=O)(=O)c4ccc(Oc5cc[c-]cc5)cc4)cc3)cc2)cc1.[W+2]. The molecule has 230 valence electrons. The normalized spacial score (nSPS) is 10.4. The molecule has 8 heteroatoms. The minimum absolute atomic E-state index is 0. The third-order valence-corrected chi connectivity index (χ3v) is 8.41. The molecule has 46 heavy (non-hydrogen) atoms. The van der Waals surface area contributed by atoms with E-state index in [1.165, 1.54) is 12.1 Å². The van der Waals surface area contributed by atoms with Crippen LogP contribution in [-0.4, -0.2) is 22.6 Å². The van der Waals surface area contributed by atoms with E-state index in [-0.39, 0.29) is 30.9 Å². The van der Waals surface area contributed by atoms with Crippen LogP contribution in [0.5, 0.6) is 34.5 Å². The van der Waals surface area contributed by atoms with Crippen LogP contribution in [0.3, 0.4) is 0 Å². The Hall–Kier alpha value is -4.84. The summed E-state index contributed by atoms with van der Waals surface area (Å²) in [7, 11) is -0.396. The van der Waals surface area contributed by atoms with Gasteiger partial charge in [0.05, 0.1) is 24.0 Å². The maximum absolute atomic E-state index is 13.1. The van der Waals surface area contributed by atoms with Crippen LogP contribution in [0, 0.1) is 12.1 Å². The number of ether oxygens (including phenoxy) is 4. The minimum Gasteiger partial charge on any atom is -0.522 e. The molecule has 0 aliphatic heterocycles. The van der Waals surface area contributed by atoms with E-state index in [9.17, 15) is 8.42 Å². The maximum Gasteiger partial charge on any atom is 2.00 e. The molecule has 0 spiro atoms. The minimum atomic E-state index is -3.68. The van der Waals surface area contributed by atoms with Crippen molar-refractivity contribution < 1.29 is 48.4 Å². The molecule has 0 saturated carbocycles. The standard InChI is InChI=1S/C31H23O5S.C7H7O.W/c1-34-25-11-7-23(8-12-25)24-9-13-27(14-10-24)36-29-17-21-31(22-18-29)37(32,33)30-19-15-28(16-20-30)35-26-5-3-2-4-6-26;1-8-7-5-3-2-4-6-7;/h3-22H,1H3;3-6H,1H3;/q2*-1;+2. The first-order valence-corrected chi connectivity index (χ1v) is 15.4. The van der Waals surface area contributed by atoms with Gasteiger partial charge in [0.25, 0.3) is 0 Å². The van der Waals surface area contributed by atoms with Crippen LogP contribution >= 0.6 is 0 Å². The molecule has 6 aromatic rings. The zero-order chi connectivity index (χ0) is 31.5. The Morgan fingerprint density at radius 1 is 0.413 bits per heavy atom. The van der Waals surface area contributed by atoms with Crippen molar-refractivity contribution in [2.75, 3.05) is 14.2 Å².